The Morgan fingerprint density at radius 3 is 2.33 bits per heavy atom. The lowest BCUT2D eigenvalue weighted by Crippen LogP contribution is -2.17. The predicted molar refractivity (Wildman–Crippen MR) is 130 cm³/mol. The van der Waals surface area contributed by atoms with Crippen LogP contribution in [-0.2, 0) is 27.9 Å². The van der Waals surface area contributed by atoms with Crippen molar-refractivity contribution in [3.05, 3.63) is 83.4 Å². The molecule has 172 valence electrons. The first-order valence-electron chi connectivity index (χ1n) is 10.3. The van der Waals surface area contributed by atoms with Gasteiger partial charge < -0.3 is 14.6 Å². The summed E-state index contributed by atoms with van der Waals surface area (Å²) in [5, 5.41) is 13.3. The van der Waals surface area contributed by atoms with Crippen molar-refractivity contribution in [2.75, 3.05) is 10.0 Å². The summed E-state index contributed by atoms with van der Waals surface area (Å²) in [6, 6.07) is 18.7. The average Bonchev–Trinajstić information content (AvgIpc) is 2.76. The Morgan fingerprint density at radius 2 is 1.73 bits per heavy atom. The van der Waals surface area contributed by atoms with Crippen molar-refractivity contribution in [3.63, 3.8) is 0 Å². The molecule has 0 aliphatic rings. The van der Waals surface area contributed by atoms with E-state index >= 15 is 0 Å². The standard InChI is InChI=1S/C25H26N2O5S/c1-25(2,3)21-13-18(16-28)14-22(24(21)30)26-23(29)15-17-9-11-19(12-10-17)27-33(31)32-20-7-5-4-6-8-20/h4-14,16,27,30H,15H2,1-3H3,(H,26,29). The van der Waals surface area contributed by atoms with Crippen molar-refractivity contribution >= 4 is 34.8 Å². The molecule has 8 heteroatoms. The van der Waals surface area contributed by atoms with E-state index in [2.05, 4.69) is 10.0 Å². The Hall–Kier alpha value is -3.65. The third-order valence-corrected chi connectivity index (χ3v) is 5.53. The molecule has 0 bridgehead atoms. The van der Waals surface area contributed by atoms with Gasteiger partial charge in [0.2, 0.25) is 5.91 Å². The molecule has 3 aromatic carbocycles. The van der Waals surface area contributed by atoms with Crippen molar-refractivity contribution in [1.29, 1.82) is 0 Å². The summed E-state index contributed by atoms with van der Waals surface area (Å²) in [5.41, 5.74) is 2.02. The van der Waals surface area contributed by atoms with Gasteiger partial charge in [-0.25, -0.2) is 0 Å². The number of phenols is 1. The van der Waals surface area contributed by atoms with Crippen molar-refractivity contribution in [1.82, 2.24) is 0 Å². The molecule has 0 saturated carbocycles. The van der Waals surface area contributed by atoms with Gasteiger partial charge in [-0.05, 0) is 47.4 Å². The number of rotatable bonds is 8. The summed E-state index contributed by atoms with van der Waals surface area (Å²) < 4.78 is 20.1. The number of aldehydes is 1. The first-order chi connectivity index (χ1) is 15.7. The van der Waals surface area contributed by atoms with Crippen LogP contribution >= 0.6 is 0 Å². The van der Waals surface area contributed by atoms with Crippen molar-refractivity contribution in [2.24, 2.45) is 0 Å². The van der Waals surface area contributed by atoms with Gasteiger partial charge in [0.25, 0.3) is 0 Å². The van der Waals surface area contributed by atoms with E-state index < -0.39 is 16.7 Å². The van der Waals surface area contributed by atoms with Crippen LogP contribution in [0.25, 0.3) is 0 Å². The van der Waals surface area contributed by atoms with Crippen molar-refractivity contribution in [3.8, 4) is 11.5 Å². The van der Waals surface area contributed by atoms with Crippen LogP contribution in [0.3, 0.4) is 0 Å². The van der Waals surface area contributed by atoms with E-state index in [1.165, 1.54) is 6.07 Å². The fourth-order valence-electron chi connectivity index (χ4n) is 3.14. The lowest BCUT2D eigenvalue weighted by atomic mass is 9.85. The van der Waals surface area contributed by atoms with Crippen LogP contribution in [0, 0.1) is 0 Å². The van der Waals surface area contributed by atoms with Crippen LogP contribution in [0.4, 0.5) is 11.4 Å². The highest BCUT2D eigenvalue weighted by molar-refractivity contribution is 7.81. The molecule has 1 unspecified atom stereocenters. The molecule has 0 spiro atoms. The highest BCUT2D eigenvalue weighted by Crippen LogP contribution is 2.37. The maximum atomic E-state index is 12.6. The van der Waals surface area contributed by atoms with Crippen LogP contribution in [-0.4, -0.2) is 21.5 Å². The minimum Gasteiger partial charge on any atom is -0.505 e. The second kappa shape index (κ2) is 10.3. The Labute approximate surface area is 195 Å². The molecule has 3 aromatic rings. The molecule has 1 atom stereocenters. The molecular weight excluding hydrogens is 440 g/mol. The molecule has 0 radical (unpaired) electrons. The fourth-order valence-corrected chi connectivity index (χ4v) is 3.80. The molecule has 1 amide bonds. The summed E-state index contributed by atoms with van der Waals surface area (Å²) in [6.07, 6.45) is 0.737. The Bertz CT molecular complexity index is 1160. The van der Waals surface area contributed by atoms with Gasteiger partial charge in [-0.2, -0.15) is 4.21 Å². The lowest BCUT2D eigenvalue weighted by molar-refractivity contribution is -0.115. The van der Waals surface area contributed by atoms with E-state index in [1.807, 2.05) is 26.8 Å². The minimum atomic E-state index is -1.77. The van der Waals surface area contributed by atoms with E-state index in [-0.39, 0.29) is 23.8 Å². The van der Waals surface area contributed by atoms with Crippen LogP contribution in [0.5, 0.6) is 11.5 Å². The zero-order valence-corrected chi connectivity index (χ0v) is 19.4. The summed E-state index contributed by atoms with van der Waals surface area (Å²) >= 11 is -1.77. The lowest BCUT2D eigenvalue weighted by Gasteiger charge is -2.22. The molecule has 0 heterocycles. The number of hydrogen-bond acceptors (Lipinski definition) is 5. The number of anilines is 2. The van der Waals surface area contributed by atoms with E-state index in [0.29, 0.717) is 28.8 Å². The summed E-state index contributed by atoms with van der Waals surface area (Å²) in [5.74, 6) is 0.0833. The van der Waals surface area contributed by atoms with Gasteiger partial charge in [-0.15, -0.1) is 0 Å². The molecule has 0 aliphatic carbocycles. The van der Waals surface area contributed by atoms with E-state index in [9.17, 15) is 18.9 Å². The predicted octanol–water partition coefficient (Wildman–Crippen LogP) is 4.75. The second-order valence-electron chi connectivity index (χ2n) is 8.49. The highest BCUT2D eigenvalue weighted by atomic mass is 32.2. The molecule has 0 aliphatic heterocycles. The van der Waals surface area contributed by atoms with Crippen molar-refractivity contribution < 1.29 is 23.1 Å². The molecule has 3 N–H and O–H groups in total. The Balaban J connectivity index is 1.63. The number of aromatic hydroxyl groups is 1. The van der Waals surface area contributed by atoms with Gasteiger partial charge in [0.15, 0.2) is 0 Å². The maximum absolute atomic E-state index is 12.6. The number of nitrogens with one attached hydrogen (secondary N) is 2. The molecule has 33 heavy (non-hydrogen) atoms. The van der Waals surface area contributed by atoms with Crippen LogP contribution < -0.4 is 14.2 Å². The Morgan fingerprint density at radius 1 is 1.06 bits per heavy atom. The highest BCUT2D eigenvalue weighted by Gasteiger charge is 2.22. The molecular formula is C25H26N2O5S. The number of carbonyl (C=O) groups is 2. The monoisotopic (exact) mass is 466 g/mol. The molecule has 0 aromatic heterocycles. The number of phenolic OH excluding ortho intramolecular Hbond substituents is 1. The SMILES string of the molecule is CC(C)(C)c1cc(C=O)cc(NC(=O)Cc2ccc(NS(=O)Oc3ccccc3)cc2)c1O. The summed E-state index contributed by atoms with van der Waals surface area (Å²) in [4.78, 5) is 23.9. The quantitative estimate of drug-likeness (QED) is 0.328. The van der Waals surface area contributed by atoms with Crippen LogP contribution in [0.2, 0.25) is 0 Å². The van der Waals surface area contributed by atoms with Gasteiger partial charge in [0, 0.05) is 16.8 Å². The van der Waals surface area contributed by atoms with Crippen LogP contribution in [0.15, 0.2) is 66.7 Å². The second-order valence-corrected chi connectivity index (χ2v) is 9.33. The number of carbonyl (C=O) groups excluding carboxylic acids is 2. The average molecular weight is 467 g/mol. The number of amides is 1. The largest absolute Gasteiger partial charge is 0.505 e. The first kappa shape index (κ1) is 24.0. The van der Waals surface area contributed by atoms with Crippen LogP contribution in [0.1, 0.15) is 42.3 Å². The van der Waals surface area contributed by atoms with E-state index in [0.717, 1.165) is 5.56 Å². The zero-order chi connectivity index (χ0) is 24.0. The normalized spacial score (nSPS) is 12.0. The molecule has 3 rings (SSSR count). The topological polar surface area (TPSA) is 105 Å². The number of hydrogen-bond donors (Lipinski definition) is 3. The van der Waals surface area contributed by atoms with Gasteiger partial charge >= 0.3 is 11.3 Å². The number of benzene rings is 3. The summed E-state index contributed by atoms with van der Waals surface area (Å²) in [7, 11) is 0. The molecule has 7 nitrogen and oxygen atoms in total. The van der Waals surface area contributed by atoms with E-state index in [4.69, 9.17) is 4.18 Å². The molecule has 0 fully saturated rings. The van der Waals surface area contributed by atoms with Gasteiger partial charge in [-0.1, -0.05) is 51.1 Å². The third kappa shape index (κ3) is 6.66. The third-order valence-electron chi connectivity index (χ3n) is 4.79. The van der Waals surface area contributed by atoms with Gasteiger partial charge in [0.05, 0.1) is 12.1 Å². The minimum absolute atomic E-state index is 0.0538. The van der Waals surface area contributed by atoms with Gasteiger partial charge in [-0.3, -0.25) is 14.3 Å². The zero-order valence-electron chi connectivity index (χ0n) is 18.6. The van der Waals surface area contributed by atoms with E-state index in [1.54, 1.807) is 54.6 Å². The summed E-state index contributed by atoms with van der Waals surface area (Å²) in [6.45, 7) is 5.74. The molecule has 0 saturated heterocycles. The maximum Gasteiger partial charge on any atom is 0.316 e. The smallest absolute Gasteiger partial charge is 0.316 e. The number of para-hydroxylation sites is 1. The van der Waals surface area contributed by atoms with Crippen molar-refractivity contribution in [2.45, 2.75) is 32.6 Å². The Kier molecular flexibility index (Phi) is 7.50. The fraction of sp³-hybridized carbons (Fsp3) is 0.200. The first-order valence-corrected chi connectivity index (χ1v) is 11.4. The van der Waals surface area contributed by atoms with Gasteiger partial charge in [0.1, 0.15) is 17.8 Å².